The molecular weight excluding hydrogens is 1410 g/mol. The topological polar surface area (TPSA) is 235 Å². The lowest BCUT2D eigenvalue weighted by atomic mass is 9.87. The minimum absolute atomic E-state index is 0.0468. The summed E-state index contributed by atoms with van der Waals surface area (Å²) < 4.78 is 183. The van der Waals surface area contributed by atoms with Crippen molar-refractivity contribution in [2.24, 2.45) is 5.73 Å². The van der Waals surface area contributed by atoms with Crippen LogP contribution in [0.1, 0.15) is 130 Å². The summed E-state index contributed by atoms with van der Waals surface area (Å²) in [6, 6.07) is 34.5. The van der Waals surface area contributed by atoms with E-state index in [1.54, 1.807) is 50.5 Å². The molecule has 0 saturated carbocycles. The van der Waals surface area contributed by atoms with Gasteiger partial charge in [0.05, 0.1) is 31.5 Å². The molecule has 105 heavy (non-hydrogen) atoms. The number of carbonyl (C=O) groups excluding carboxylic acids is 3. The number of aliphatic carboxylic acids is 1. The minimum atomic E-state index is -5.67. The van der Waals surface area contributed by atoms with E-state index >= 15 is 8.78 Å². The molecule has 4 unspecified atom stereocenters. The van der Waals surface area contributed by atoms with Crippen molar-refractivity contribution in [1.29, 1.82) is 0 Å². The van der Waals surface area contributed by atoms with Gasteiger partial charge in [-0.1, -0.05) is 72.8 Å². The second-order valence-electron chi connectivity index (χ2n) is 26.6. The Hall–Kier alpha value is -9.67. The fourth-order valence-corrected chi connectivity index (χ4v) is 11.4. The Bertz CT molecular complexity index is 4720. The molecule has 0 saturated heterocycles. The van der Waals surface area contributed by atoms with E-state index in [0.717, 1.165) is 113 Å². The van der Waals surface area contributed by atoms with Gasteiger partial charge in [0.25, 0.3) is 0 Å². The first kappa shape index (κ1) is 84.3. The molecule has 10 aromatic rings. The van der Waals surface area contributed by atoms with Gasteiger partial charge in [0.15, 0.2) is 6.29 Å². The van der Waals surface area contributed by atoms with Gasteiger partial charge in [-0.05, 0) is 171 Å². The standard InChI is InChI=1S/C25H24F3NO3.C15H20FNO.C11H8F2O3.C11H13NO.C11H10O2.C5H8F4O3S/c1-14-10-17-16-6-4-5-7-20(16)32-24(17)23(29(14)13-25(2,3)28)22-18(26)11-15(12-19(22)27)8-9-21(30)31;1-11(17-10-15(2,3)16)8-12-9-18-14-7-5-4-6-13(12)14;1-16-11(15)3-2-7-4-9(12)8(6-14)10(13)5-7;2*1-8(12)6-9-7-13-11-5-3-2-4-10(9)11;1-4(2,6)3-12-13(10,11)5(7,8)9/h4-9,11-12,14,23H,10,13H2,1-3H3,(H,30,31);4-7,9,11,17H,8,10H2,1-3H3;2-6H,1H3;2-5,7-8H,6,12H2,1H3;2-5,7H,6H2,1H3;3H2,1-2H3/b9-8+;;3-2+;;;. The van der Waals surface area contributed by atoms with Crippen LogP contribution in [0.5, 0.6) is 0 Å². The number of carbonyl (C=O) groups is 4. The van der Waals surface area contributed by atoms with E-state index in [0.29, 0.717) is 30.7 Å². The number of esters is 1. The number of Topliss-reactive ketones (excluding diaryl/α,β-unsaturated/α-hetero) is 1. The molecule has 11 rings (SSSR count). The highest BCUT2D eigenvalue weighted by molar-refractivity contribution is 7.87. The molecule has 0 radical (unpaired) electrons. The van der Waals surface area contributed by atoms with E-state index in [1.165, 1.54) is 43.5 Å². The number of nitrogens with zero attached hydrogens (tertiary/aromatic N) is 1. The highest BCUT2D eigenvalue weighted by Crippen LogP contribution is 2.45. The molecule has 1 aliphatic rings. The number of methoxy groups -OCH3 is 1. The quantitative estimate of drug-likeness (QED) is 0.0161. The average molecular weight is 1490 g/mol. The first-order valence-electron chi connectivity index (χ1n) is 32.8. The molecule has 1 aliphatic heterocycles. The maximum absolute atomic E-state index is 15.3. The summed E-state index contributed by atoms with van der Waals surface area (Å²) in [7, 11) is -4.49. The summed E-state index contributed by atoms with van der Waals surface area (Å²) in [6.45, 7) is 14.5. The number of nitrogens with one attached hydrogen (secondary N) is 1. The van der Waals surface area contributed by atoms with E-state index in [1.807, 2.05) is 92.7 Å². The predicted octanol–water partition coefficient (Wildman–Crippen LogP) is 18.0. The number of furan rings is 4. The van der Waals surface area contributed by atoms with Gasteiger partial charge >= 0.3 is 27.6 Å². The summed E-state index contributed by atoms with van der Waals surface area (Å²) >= 11 is 0. The molecule has 16 nitrogen and oxygen atoms in total. The third kappa shape index (κ3) is 25.3. The normalized spacial score (nSPS) is 14.7. The van der Waals surface area contributed by atoms with E-state index in [9.17, 15) is 62.7 Å². The number of rotatable bonds is 20. The fraction of sp³-hybridized carbons (Fsp3) is 0.333. The Morgan fingerprint density at radius 3 is 1.54 bits per heavy atom. The minimum Gasteiger partial charge on any atom is -0.478 e. The molecule has 4 aromatic heterocycles. The largest absolute Gasteiger partial charge is 0.523 e. The zero-order valence-corrected chi connectivity index (χ0v) is 60.3. The molecule has 4 N–H and O–H groups in total. The SMILES string of the molecule is CC(=O)Cc1coc2ccccc12.CC(C)(F)COS(=O)(=O)C(F)(F)F.CC(Cc1coc2ccccc12)NCC(C)(C)F.CC(N)Cc1coc2ccccc12.CC1Cc2c(oc3ccccc23)C(c2c(F)cc(/C=C/C(=O)O)cc2F)N1CC(C)(C)F.COC(=O)/C=C/c1cc(F)c(C=O)c(F)c1. The summed E-state index contributed by atoms with van der Waals surface area (Å²) in [6.07, 6.45) is 12.2. The van der Waals surface area contributed by atoms with Gasteiger partial charge in [-0.3, -0.25) is 18.7 Å². The van der Waals surface area contributed by atoms with Crippen LogP contribution in [0.25, 0.3) is 56.0 Å². The van der Waals surface area contributed by atoms with Crippen molar-refractivity contribution in [3.05, 3.63) is 226 Å². The lowest BCUT2D eigenvalue weighted by Crippen LogP contribution is -2.48. The van der Waals surface area contributed by atoms with Crippen molar-refractivity contribution in [2.75, 3.05) is 26.8 Å². The Labute approximate surface area is 600 Å². The molecule has 0 fully saturated rings. The van der Waals surface area contributed by atoms with Gasteiger partial charge in [0.2, 0.25) is 0 Å². The number of carboxylic acid groups (broad SMARTS) is 1. The number of nitrogens with two attached hydrogens (primary N) is 1. The van der Waals surface area contributed by atoms with Gasteiger partial charge in [0, 0.05) is 88.0 Å². The smallest absolute Gasteiger partial charge is 0.478 e. The molecule has 0 bridgehead atoms. The van der Waals surface area contributed by atoms with Crippen molar-refractivity contribution >= 4 is 90.2 Å². The van der Waals surface area contributed by atoms with Crippen molar-refractivity contribution in [2.45, 2.75) is 142 Å². The Balaban J connectivity index is 0.000000206. The number of ketones is 1. The fourth-order valence-electron chi connectivity index (χ4n) is 10.8. The van der Waals surface area contributed by atoms with Crippen LogP contribution in [0.4, 0.5) is 43.9 Å². The molecule has 0 spiro atoms. The van der Waals surface area contributed by atoms with Crippen LogP contribution in [0.15, 0.2) is 170 Å². The second kappa shape index (κ2) is 36.8. The molecule has 0 aliphatic carbocycles. The zero-order chi connectivity index (χ0) is 77.9. The first-order valence-corrected chi connectivity index (χ1v) is 34.2. The van der Waals surface area contributed by atoms with Crippen molar-refractivity contribution in [3.63, 3.8) is 0 Å². The number of benzene rings is 6. The number of para-hydroxylation sites is 4. The number of aldehydes is 1. The van der Waals surface area contributed by atoms with Crippen LogP contribution in [-0.2, 0) is 59.1 Å². The van der Waals surface area contributed by atoms with Crippen LogP contribution >= 0.6 is 0 Å². The van der Waals surface area contributed by atoms with Crippen molar-refractivity contribution in [1.82, 2.24) is 10.2 Å². The highest BCUT2D eigenvalue weighted by atomic mass is 32.2. The average Bonchev–Trinajstić information content (AvgIpc) is 1.64. The molecule has 564 valence electrons. The maximum atomic E-state index is 15.3. The summed E-state index contributed by atoms with van der Waals surface area (Å²) in [5.74, 6) is -4.94. The first-order chi connectivity index (χ1) is 49.1. The molecule has 27 heteroatoms. The Morgan fingerprint density at radius 2 is 1.10 bits per heavy atom. The molecule has 6 aromatic carbocycles. The molecule has 5 heterocycles. The van der Waals surface area contributed by atoms with Gasteiger partial charge < -0.3 is 38.6 Å². The van der Waals surface area contributed by atoms with Crippen LogP contribution in [0.2, 0.25) is 0 Å². The number of fused-ring (bicyclic) bond motifs is 6. The van der Waals surface area contributed by atoms with Gasteiger partial charge in [-0.25, -0.2) is 40.3 Å². The predicted molar refractivity (Wildman–Crippen MR) is 382 cm³/mol. The van der Waals surface area contributed by atoms with Gasteiger partial charge in [-0.2, -0.15) is 21.6 Å². The lowest BCUT2D eigenvalue weighted by Gasteiger charge is -2.42. The number of hydrogen-bond donors (Lipinski definition) is 3. The third-order valence-corrected chi connectivity index (χ3v) is 16.5. The van der Waals surface area contributed by atoms with Gasteiger partial charge in [-0.15, -0.1) is 0 Å². The van der Waals surface area contributed by atoms with E-state index in [2.05, 4.69) is 33.3 Å². The van der Waals surface area contributed by atoms with Crippen molar-refractivity contribution in [3.8, 4) is 0 Å². The van der Waals surface area contributed by atoms with Crippen LogP contribution < -0.4 is 11.1 Å². The maximum Gasteiger partial charge on any atom is 0.523 e. The van der Waals surface area contributed by atoms with Crippen LogP contribution in [-0.4, -0.2) is 110 Å². The Kier molecular flexibility index (Phi) is 29.6. The number of ether oxygens (including phenoxy) is 1. The summed E-state index contributed by atoms with van der Waals surface area (Å²) in [5, 5.41) is 16.2. The van der Waals surface area contributed by atoms with Crippen molar-refractivity contribution < 1.29 is 103 Å². The Morgan fingerprint density at radius 1 is 0.657 bits per heavy atom. The number of alkyl halides is 6. The molecular formula is C78H83F10N3O13S. The van der Waals surface area contributed by atoms with E-state index in [4.69, 9.17) is 28.5 Å². The monoisotopic (exact) mass is 1490 g/mol. The number of carboxylic acids is 1. The molecule has 4 atom stereocenters. The summed E-state index contributed by atoms with van der Waals surface area (Å²) in [4.78, 5) is 44.4. The lowest BCUT2D eigenvalue weighted by molar-refractivity contribution is -0.135. The highest BCUT2D eigenvalue weighted by Gasteiger charge is 2.48. The molecule has 0 amide bonds. The van der Waals surface area contributed by atoms with E-state index < -0.39 is 86.1 Å². The van der Waals surface area contributed by atoms with Gasteiger partial charge in [0.1, 0.15) is 86.8 Å². The van der Waals surface area contributed by atoms with E-state index in [-0.39, 0.29) is 53.4 Å². The third-order valence-electron chi connectivity index (χ3n) is 15.5. The zero-order valence-electron chi connectivity index (χ0n) is 59.5. The summed E-state index contributed by atoms with van der Waals surface area (Å²) in [5.41, 5.74) is 2.18. The number of halogens is 10. The van der Waals surface area contributed by atoms with Crippen LogP contribution in [0, 0.1) is 23.3 Å². The number of hydrogen-bond acceptors (Lipinski definition) is 15. The van der Waals surface area contributed by atoms with Crippen LogP contribution in [0.3, 0.4) is 0 Å². The second-order valence-corrected chi connectivity index (χ2v) is 28.3.